The number of tetrazole rings is 1. The van der Waals surface area contributed by atoms with Gasteiger partial charge in [0.1, 0.15) is 5.82 Å². The summed E-state index contributed by atoms with van der Waals surface area (Å²) in [5.41, 5.74) is 0.656. The largest absolute Gasteiger partial charge is 0.313 e. The zero-order valence-corrected chi connectivity index (χ0v) is 11.7. The van der Waals surface area contributed by atoms with Crippen molar-refractivity contribution in [3.8, 4) is 0 Å². The second-order valence-corrected chi connectivity index (χ2v) is 5.09. The van der Waals surface area contributed by atoms with Crippen LogP contribution in [-0.4, -0.2) is 26.8 Å². The lowest BCUT2D eigenvalue weighted by Gasteiger charge is -2.10. The van der Waals surface area contributed by atoms with E-state index in [9.17, 15) is 4.39 Å². The third-order valence-electron chi connectivity index (χ3n) is 2.59. The lowest BCUT2D eigenvalue weighted by atomic mass is 10.2. The fraction of sp³-hybridized carbons (Fsp3) is 0.417. The maximum absolute atomic E-state index is 13.9. The Kier molecular flexibility index (Phi) is 4.86. The van der Waals surface area contributed by atoms with E-state index in [1.54, 1.807) is 17.8 Å². The standard InChI is InChI=1S/C12H16FN5S/c1-3-7-14-8-9-10(13)5-4-6-11(9)19-12-15-16-17-18(12)2/h4-6,14H,3,7-8H2,1-2H3. The first-order chi connectivity index (χ1) is 9.22. The van der Waals surface area contributed by atoms with E-state index in [0.717, 1.165) is 17.9 Å². The summed E-state index contributed by atoms with van der Waals surface area (Å²) < 4.78 is 15.5. The number of halogens is 1. The molecule has 0 bridgehead atoms. The molecule has 2 rings (SSSR count). The van der Waals surface area contributed by atoms with Crippen LogP contribution in [0.4, 0.5) is 4.39 Å². The quantitative estimate of drug-likeness (QED) is 0.821. The number of hydrogen-bond donors (Lipinski definition) is 1. The lowest BCUT2D eigenvalue weighted by Crippen LogP contribution is -2.15. The van der Waals surface area contributed by atoms with Crippen molar-refractivity contribution in [3.63, 3.8) is 0 Å². The first-order valence-electron chi connectivity index (χ1n) is 6.10. The van der Waals surface area contributed by atoms with Crippen molar-refractivity contribution in [3.05, 3.63) is 29.6 Å². The van der Waals surface area contributed by atoms with Crippen molar-refractivity contribution in [1.29, 1.82) is 0 Å². The molecule has 1 aromatic carbocycles. The molecule has 19 heavy (non-hydrogen) atoms. The molecule has 0 amide bonds. The van der Waals surface area contributed by atoms with E-state index >= 15 is 0 Å². The Morgan fingerprint density at radius 3 is 2.95 bits per heavy atom. The van der Waals surface area contributed by atoms with E-state index in [1.807, 2.05) is 6.07 Å². The molecule has 0 aliphatic carbocycles. The van der Waals surface area contributed by atoms with Crippen LogP contribution in [0.2, 0.25) is 0 Å². The van der Waals surface area contributed by atoms with Crippen LogP contribution in [0.1, 0.15) is 18.9 Å². The molecule has 0 fully saturated rings. The molecule has 0 saturated heterocycles. The second-order valence-electron chi connectivity index (χ2n) is 4.08. The maximum atomic E-state index is 13.9. The summed E-state index contributed by atoms with van der Waals surface area (Å²) in [6.07, 6.45) is 1.02. The number of benzene rings is 1. The minimum Gasteiger partial charge on any atom is -0.313 e. The van der Waals surface area contributed by atoms with Gasteiger partial charge in [0.15, 0.2) is 0 Å². The number of aromatic nitrogens is 4. The van der Waals surface area contributed by atoms with E-state index in [1.165, 1.54) is 17.8 Å². The van der Waals surface area contributed by atoms with Crippen LogP contribution >= 0.6 is 11.8 Å². The number of hydrogen-bond acceptors (Lipinski definition) is 5. The normalized spacial score (nSPS) is 10.9. The van der Waals surface area contributed by atoms with Crippen molar-refractivity contribution in [2.45, 2.75) is 29.9 Å². The molecule has 102 valence electrons. The Bertz CT molecular complexity index is 543. The molecule has 0 atom stereocenters. The summed E-state index contributed by atoms with van der Waals surface area (Å²) >= 11 is 1.37. The van der Waals surface area contributed by atoms with Crippen LogP contribution in [0.15, 0.2) is 28.3 Å². The van der Waals surface area contributed by atoms with Crippen molar-refractivity contribution in [2.75, 3.05) is 6.54 Å². The Morgan fingerprint density at radius 2 is 2.26 bits per heavy atom. The van der Waals surface area contributed by atoms with Gasteiger partial charge in [-0.15, -0.1) is 5.10 Å². The van der Waals surface area contributed by atoms with Gasteiger partial charge in [0.2, 0.25) is 5.16 Å². The molecule has 0 aliphatic rings. The molecule has 2 aromatic rings. The molecule has 1 N–H and O–H groups in total. The van der Waals surface area contributed by atoms with Crippen molar-refractivity contribution < 1.29 is 4.39 Å². The van der Waals surface area contributed by atoms with Gasteiger partial charge in [-0.05, 0) is 47.3 Å². The van der Waals surface area contributed by atoms with Gasteiger partial charge >= 0.3 is 0 Å². The first kappa shape index (κ1) is 14.0. The Balaban J connectivity index is 2.19. The highest BCUT2D eigenvalue weighted by Gasteiger charge is 2.12. The number of nitrogens with zero attached hydrogens (tertiary/aromatic N) is 4. The molecule has 0 aliphatic heterocycles. The first-order valence-corrected chi connectivity index (χ1v) is 6.92. The van der Waals surface area contributed by atoms with E-state index in [4.69, 9.17) is 0 Å². The van der Waals surface area contributed by atoms with Crippen LogP contribution in [0.25, 0.3) is 0 Å². The van der Waals surface area contributed by atoms with E-state index < -0.39 is 0 Å². The highest BCUT2D eigenvalue weighted by Crippen LogP contribution is 2.29. The summed E-state index contributed by atoms with van der Waals surface area (Å²) in [4.78, 5) is 0.835. The predicted molar refractivity (Wildman–Crippen MR) is 71.3 cm³/mol. The average Bonchev–Trinajstić information content (AvgIpc) is 2.79. The van der Waals surface area contributed by atoms with Gasteiger partial charge in [0.25, 0.3) is 0 Å². The van der Waals surface area contributed by atoms with Gasteiger partial charge in [0.05, 0.1) is 0 Å². The number of rotatable bonds is 6. The van der Waals surface area contributed by atoms with Crippen LogP contribution in [-0.2, 0) is 13.6 Å². The summed E-state index contributed by atoms with van der Waals surface area (Å²) in [5, 5.41) is 15.1. The van der Waals surface area contributed by atoms with Gasteiger partial charge in [-0.2, -0.15) is 0 Å². The average molecular weight is 281 g/mol. The van der Waals surface area contributed by atoms with Crippen molar-refractivity contribution in [1.82, 2.24) is 25.5 Å². The minimum absolute atomic E-state index is 0.205. The summed E-state index contributed by atoms with van der Waals surface area (Å²) in [6, 6.07) is 5.05. The fourth-order valence-corrected chi connectivity index (χ4v) is 2.48. The highest BCUT2D eigenvalue weighted by molar-refractivity contribution is 7.99. The molecule has 0 unspecified atom stereocenters. The van der Waals surface area contributed by atoms with Crippen molar-refractivity contribution in [2.24, 2.45) is 7.05 Å². The lowest BCUT2D eigenvalue weighted by molar-refractivity contribution is 0.578. The van der Waals surface area contributed by atoms with Gasteiger partial charge < -0.3 is 5.32 Å². The van der Waals surface area contributed by atoms with Gasteiger partial charge in [-0.3, -0.25) is 0 Å². The monoisotopic (exact) mass is 281 g/mol. The molecule has 0 spiro atoms. The van der Waals surface area contributed by atoms with Crippen LogP contribution in [0.5, 0.6) is 0 Å². The number of nitrogens with one attached hydrogen (secondary N) is 1. The summed E-state index contributed by atoms with van der Waals surface area (Å²) in [5.74, 6) is -0.205. The SMILES string of the molecule is CCCNCc1c(F)cccc1Sc1nnnn1C. The van der Waals surface area contributed by atoms with Crippen LogP contribution in [0, 0.1) is 5.82 Å². The van der Waals surface area contributed by atoms with E-state index in [2.05, 4.69) is 27.8 Å². The summed E-state index contributed by atoms with van der Waals surface area (Å²) in [7, 11) is 1.76. The third-order valence-corrected chi connectivity index (χ3v) is 3.72. The molecule has 5 nitrogen and oxygen atoms in total. The molecule has 0 radical (unpaired) electrons. The molecule has 1 aromatic heterocycles. The van der Waals surface area contributed by atoms with Crippen molar-refractivity contribution >= 4 is 11.8 Å². The predicted octanol–water partition coefficient (Wildman–Crippen LogP) is 2.00. The van der Waals surface area contributed by atoms with E-state index in [-0.39, 0.29) is 5.82 Å². The van der Waals surface area contributed by atoms with Gasteiger partial charge in [-0.1, -0.05) is 13.0 Å². The van der Waals surface area contributed by atoms with Crippen LogP contribution in [0.3, 0.4) is 0 Å². The zero-order valence-electron chi connectivity index (χ0n) is 10.9. The molecular formula is C12H16FN5S. The van der Waals surface area contributed by atoms with Crippen LogP contribution < -0.4 is 5.32 Å². The fourth-order valence-electron chi connectivity index (χ4n) is 1.60. The summed E-state index contributed by atoms with van der Waals surface area (Å²) in [6.45, 7) is 3.45. The van der Waals surface area contributed by atoms with Gasteiger partial charge in [0, 0.05) is 24.1 Å². The Labute approximate surface area is 115 Å². The number of aryl methyl sites for hydroxylation is 1. The minimum atomic E-state index is -0.205. The molecule has 7 heteroatoms. The second kappa shape index (κ2) is 6.63. The zero-order chi connectivity index (χ0) is 13.7. The molecule has 0 saturated carbocycles. The Hall–Kier alpha value is -1.47. The third kappa shape index (κ3) is 3.51. The Morgan fingerprint density at radius 1 is 1.42 bits per heavy atom. The highest BCUT2D eigenvalue weighted by atomic mass is 32.2. The molecular weight excluding hydrogens is 265 g/mol. The smallest absolute Gasteiger partial charge is 0.213 e. The van der Waals surface area contributed by atoms with E-state index in [0.29, 0.717) is 17.3 Å². The van der Waals surface area contributed by atoms with Gasteiger partial charge in [-0.25, -0.2) is 9.07 Å². The molecule has 1 heterocycles. The topological polar surface area (TPSA) is 55.6 Å². The maximum Gasteiger partial charge on any atom is 0.213 e.